The highest BCUT2D eigenvalue weighted by molar-refractivity contribution is 7.92. The molecule has 9 heteroatoms. The summed E-state index contributed by atoms with van der Waals surface area (Å²) in [6, 6.07) is 21.4. The molecule has 1 fully saturated rings. The second-order valence-corrected chi connectivity index (χ2v) is 12.2. The van der Waals surface area contributed by atoms with Gasteiger partial charge >= 0.3 is 0 Å². The number of amides is 2. The van der Waals surface area contributed by atoms with Gasteiger partial charge in [-0.1, -0.05) is 78.5 Å². The van der Waals surface area contributed by atoms with Gasteiger partial charge in [-0.2, -0.15) is 0 Å². The molecule has 1 aliphatic rings. The van der Waals surface area contributed by atoms with Crippen LogP contribution in [0, 0.1) is 6.92 Å². The first-order valence-corrected chi connectivity index (χ1v) is 15.0. The lowest BCUT2D eigenvalue weighted by atomic mass is 10.1. The van der Waals surface area contributed by atoms with Crippen LogP contribution in [0.4, 0.5) is 5.69 Å². The van der Waals surface area contributed by atoms with Crippen molar-refractivity contribution in [2.45, 2.75) is 63.1 Å². The number of hydrogen-bond acceptors (Lipinski definition) is 4. The molecule has 7 nitrogen and oxygen atoms in total. The molecule has 0 spiro atoms. The van der Waals surface area contributed by atoms with E-state index in [1.807, 2.05) is 13.0 Å². The number of carbonyl (C=O) groups excluding carboxylic acids is 2. The van der Waals surface area contributed by atoms with Crippen molar-refractivity contribution in [2.24, 2.45) is 0 Å². The lowest BCUT2D eigenvalue weighted by molar-refractivity contribution is -0.139. The van der Waals surface area contributed by atoms with E-state index in [9.17, 15) is 18.0 Å². The number of sulfonamides is 1. The molecule has 0 aliphatic heterocycles. The normalized spacial score (nSPS) is 14.5. The molecule has 2 amide bonds. The molecule has 39 heavy (non-hydrogen) atoms. The number of aryl methyl sites for hydroxylation is 1. The first-order valence-electron chi connectivity index (χ1n) is 13.1. The van der Waals surface area contributed by atoms with Crippen molar-refractivity contribution in [2.75, 3.05) is 10.8 Å². The third-order valence-electron chi connectivity index (χ3n) is 7.10. The molecule has 3 aromatic rings. The minimum absolute atomic E-state index is 0.0605. The zero-order valence-corrected chi connectivity index (χ0v) is 23.8. The van der Waals surface area contributed by atoms with Crippen LogP contribution in [-0.4, -0.2) is 43.8 Å². The van der Waals surface area contributed by atoms with E-state index in [4.69, 9.17) is 11.6 Å². The number of carbonyl (C=O) groups is 2. The Labute approximate surface area is 235 Å². The van der Waals surface area contributed by atoms with E-state index >= 15 is 0 Å². The van der Waals surface area contributed by atoms with Crippen molar-refractivity contribution in [1.29, 1.82) is 0 Å². The summed E-state index contributed by atoms with van der Waals surface area (Å²) in [4.78, 5) is 28.7. The van der Waals surface area contributed by atoms with Gasteiger partial charge in [0.15, 0.2) is 0 Å². The van der Waals surface area contributed by atoms with Crippen LogP contribution in [0.15, 0.2) is 83.8 Å². The van der Waals surface area contributed by atoms with Crippen molar-refractivity contribution in [3.63, 3.8) is 0 Å². The second kappa shape index (κ2) is 12.7. The Morgan fingerprint density at radius 1 is 0.949 bits per heavy atom. The Morgan fingerprint density at radius 2 is 1.56 bits per heavy atom. The van der Waals surface area contributed by atoms with Crippen LogP contribution in [0.3, 0.4) is 0 Å². The Kier molecular flexibility index (Phi) is 9.30. The van der Waals surface area contributed by atoms with Crippen molar-refractivity contribution in [3.05, 3.63) is 95.0 Å². The van der Waals surface area contributed by atoms with E-state index in [1.165, 1.54) is 17.0 Å². The summed E-state index contributed by atoms with van der Waals surface area (Å²) in [5.41, 5.74) is 1.94. The number of benzene rings is 3. The smallest absolute Gasteiger partial charge is 0.264 e. The summed E-state index contributed by atoms with van der Waals surface area (Å²) >= 11 is 6.42. The molecule has 0 bridgehead atoms. The molecule has 206 valence electrons. The van der Waals surface area contributed by atoms with Crippen molar-refractivity contribution < 1.29 is 18.0 Å². The predicted octanol–water partition coefficient (Wildman–Crippen LogP) is 5.32. The van der Waals surface area contributed by atoms with E-state index in [-0.39, 0.29) is 23.4 Å². The third-order valence-corrected chi connectivity index (χ3v) is 9.26. The number of hydrogen-bond donors (Lipinski definition) is 1. The molecule has 1 atom stereocenters. The maximum Gasteiger partial charge on any atom is 0.264 e. The molecule has 0 saturated heterocycles. The summed E-state index contributed by atoms with van der Waals surface area (Å²) in [7, 11) is -4.09. The van der Waals surface area contributed by atoms with Crippen molar-refractivity contribution in [3.8, 4) is 0 Å². The van der Waals surface area contributed by atoms with E-state index in [2.05, 4.69) is 5.32 Å². The number of para-hydroxylation sites is 1. The quantitative estimate of drug-likeness (QED) is 0.359. The first kappa shape index (κ1) is 28.6. The lowest BCUT2D eigenvalue weighted by Crippen LogP contribution is -2.52. The van der Waals surface area contributed by atoms with Gasteiger partial charge in [0.1, 0.15) is 12.6 Å². The molecule has 3 aromatic carbocycles. The molecule has 1 aliphatic carbocycles. The molecule has 1 saturated carbocycles. The van der Waals surface area contributed by atoms with Gasteiger partial charge in [-0.15, -0.1) is 0 Å². The highest BCUT2D eigenvalue weighted by atomic mass is 35.5. The Balaban J connectivity index is 1.67. The molecular formula is C30H34ClN3O4S. The van der Waals surface area contributed by atoms with Gasteiger partial charge in [-0.25, -0.2) is 8.42 Å². The first-order chi connectivity index (χ1) is 18.7. The van der Waals surface area contributed by atoms with Gasteiger partial charge < -0.3 is 10.2 Å². The van der Waals surface area contributed by atoms with Gasteiger partial charge in [-0.05, 0) is 62.6 Å². The molecule has 4 rings (SSSR count). The zero-order valence-electron chi connectivity index (χ0n) is 22.2. The highest BCUT2D eigenvalue weighted by Crippen LogP contribution is 2.26. The molecule has 1 N–H and O–H groups in total. The fourth-order valence-electron chi connectivity index (χ4n) is 4.75. The summed E-state index contributed by atoms with van der Waals surface area (Å²) in [6.07, 6.45) is 3.94. The van der Waals surface area contributed by atoms with Crippen LogP contribution in [0.2, 0.25) is 5.02 Å². The van der Waals surface area contributed by atoms with Crippen LogP contribution in [0.1, 0.15) is 43.7 Å². The highest BCUT2D eigenvalue weighted by Gasteiger charge is 2.33. The molecule has 0 radical (unpaired) electrons. The van der Waals surface area contributed by atoms with E-state index in [1.54, 1.807) is 67.6 Å². The number of nitrogens with one attached hydrogen (secondary N) is 1. The largest absolute Gasteiger partial charge is 0.352 e. The maximum absolute atomic E-state index is 14.0. The fraction of sp³-hybridized carbons (Fsp3) is 0.333. The second-order valence-electron chi connectivity index (χ2n) is 9.94. The van der Waals surface area contributed by atoms with Crippen LogP contribution < -0.4 is 9.62 Å². The number of nitrogens with zero attached hydrogens (tertiary/aromatic N) is 2. The predicted molar refractivity (Wildman–Crippen MR) is 154 cm³/mol. The molecule has 0 heterocycles. The van der Waals surface area contributed by atoms with Gasteiger partial charge in [0.25, 0.3) is 10.0 Å². The van der Waals surface area contributed by atoms with E-state index in [0.29, 0.717) is 16.3 Å². The average molecular weight is 568 g/mol. The summed E-state index contributed by atoms with van der Waals surface area (Å²) in [5, 5.41) is 3.53. The number of anilines is 1. The van der Waals surface area contributed by atoms with E-state index in [0.717, 1.165) is 35.6 Å². The van der Waals surface area contributed by atoms with Crippen molar-refractivity contribution >= 4 is 39.1 Å². The van der Waals surface area contributed by atoms with Crippen LogP contribution in [0.5, 0.6) is 0 Å². The summed E-state index contributed by atoms with van der Waals surface area (Å²) in [5.74, 6) is -0.779. The standard InChI is InChI=1S/C30H34ClN3O4S/c1-22-16-18-27(19-17-22)39(37,38)34(26-13-4-3-5-14-26)21-29(35)33(20-24-10-6-9-15-28(24)31)23(2)30(36)32-25-11-7-8-12-25/h3-6,9-10,13-19,23,25H,7-8,11-12,20-21H2,1-2H3,(H,32,36). The van der Waals surface area contributed by atoms with Crippen LogP contribution in [-0.2, 0) is 26.2 Å². The molecular weight excluding hydrogens is 534 g/mol. The van der Waals surface area contributed by atoms with Crippen molar-refractivity contribution in [1.82, 2.24) is 10.2 Å². The van der Waals surface area contributed by atoms with Gasteiger partial charge in [-0.3, -0.25) is 13.9 Å². The Morgan fingerprint density at radius 3 is 2.21 bits per heavy atom. The molecule has 0 aromatic heterocycles. The third kappa shape index (κ3) is 6.99. The maximum atomic E-state index is 14.0. The number of rotatable bonds is 10. The zero-order chi connectivity index (χ0) is 28.0. The van der Waals surface area contributed by atoms with Crippen LogP contribution >= 0.6 is 11.6 Å². The summed E-state index contributed by atoms with van der Waals surface area (Å²) in [6.45, 7) is 3.12. The molecule has 1 unspecified atom stereocenters. The lowest BCUT2D eigenvalue weighted by Gasteiger charge is -2.32. The fourth-order valence-corrected chi connectivity index (χ4v) is 6.35. The SMILES string of the molecule is Cc1ccc(S(=O)(=O)N(CC(=O)N(Cc2ccccc2Cl)C(C)C(=O)NC2CCCC2)c2ccccc2)cc1. The Bertz CT molecular complexity index is 1390. The minimum Gasteiger partial charge on any atom is -0.352 e. The number of halogens is 1. The van der Waals surface area contributed by atoms with Gasteiger partial charge in [0.2, 0.25) is 11.8 Å². The van der Waals surface area contributed by atoms with E-state index < -0.39 is 28.5 Å². The Hall–Kier alpha value is -3.36. The van der Waals surface area contributed by atoms with Gasteiger partial charge in [0.05, 0.1) is 10.6 Å². The minimum atomic E-state index is -4.09. The monoisotopic (exact) mass is 567 g/mol. The topological polar surface area (TPSA) is 86.8 Å². The summed E-state index contributed by atoms with van der Waals surface area (Å²) < 4.78 is 28.7. The van der Waals surface area contributed by atoms with Crippen LogP contribution in [0.25, 0.3) is 0 Å². The average Bonchev–Trinajstić information content (AvgIpc) is 3.44. The van der Waals surface area contributed by atoms with Gasteiger partial charge in [0, 0.05) is 17.6 Å².